The van der Waals surface area contributed by atoms with Gasteiger partial charge < -0.3 is 10.1 Å². The van der Waals surface area contributed by atoms with Gasteiger partial charge in [0, 0.05) is 12.5 Å². The third-order valence-electron chi connectivity index (χ3n) is 2.58. The fourth-order valence-corrected chi connectivity index (χ4v) is 1.68. The van der Waals surface area contributed by atoms with Crippen LogP contribution in [0.25, 0.3) is 0 Å². The average molecular weight is 217 g/mol. The highest BCUT2D eigenvalue weighted by molar-refractivity contribution is 5.30. The quantitative estimate of drug-likeness (QED) is 0.766. The van der Waals surface area contributed by atoms with E-state index in [1.165, 1.54) is 5.56 Å². The van der Waals surface area contributed by atoms with Crippen molar-refractivity contribution in [3.63, 3.8) is 0 Å². The van der Waals surface area contributed by atoms with Gasteiger partial charge in [0.25, 0.3) is 0 Å². The Labute approximate surface area is 98.0 Å². The van der Waals surface area contributed by atoms with E-state index in [0.717, 1.165) is 18.6 Å². The lowest BCUT2D eigenvalue weighted by Crippen LogP contribution is -2.16. The standard InChI is InChI=1S/C14H19NO/c1-4-5-6-10-14(15-2)12-8-7-9-13(11-12)16-3/h7-9,11,14-15H,6,10H2,1-3H3. The molecule has 0 aliphatic rings. The summed E-state index contributed by atoms with van der Waals surface area (Å²) < 4.78 is 5.22. The Hall–Kier alpha value is -1.46. The van der Waals surface area contributed by atoms with Crippen molar-refractivity contribution in [1.29, 1.82) is 0 Å². The van der Waals surface area contributed by atoms with Gasteiger partial charge in [-0.3, -0.25) is 0 Å². The van der Waals surface area contributed by atoms with Crippen LogP contribution in [-0.2, 0) is 0 Å². The highest BCUT2D eigenvalue weighted by Gasteiger charge is 2.08. The average Bonchev–Trinajstić information content (AvgIpc) is 2.35. The number of rotatable bonds is 5. The molecule has 2 nitrogen and oxygen atoms in total. The highest BCUT2D eigenvalue weighted by atomic mass is 16.5. The molecule has 0 heterocycles. The summed E-state index contributed by atoms with van der Waals surface area (Å²) >= 11 is 0. The summed E-state index contributed by atoms with van der Waals surface area (Å²) in [5.74, 6) is 6.91. The van der Waals surface area contributed by atoms with E-state index in [0.29, 0.717) is 6.04 Å². The van der Waals surface area contributed by atoms with Gasteiger partial charge >= 0.3 is 0 Å². The Morgan fingerprint density at radius 3 is 2.88 bits per heavy atom. The van der Waals surface area contributed by atoms with Crippen LogP contribution in [0.2, 0.25) is 0 Å². The SMILES string of the molecule is CC#CCCC(NC)c1cccc(OC)c1. The van der Waals surface area contributed by atoms with Crippen LogP contribution in [0, 0.1) is 11.8 Å². The number of methoxy groups -OCH3 is 1. The van der Waals surface area contributed by atoms with Crippen LogP contribution in [0.3, 0.4) is 0 Å². The van der Waals surface area contributed by atoms with Crippen LogP contribution in [0.15, 0.2) is 24.3 Å². The number of ether oxygens (including phenoxy) is 1. The minimum Gasteiger partial charge on any atom is -0.497 e. The number of benzene rings is 1. The number of nitrogens with one attached hydrogen (secondary N) is 1. The second-order valence-corrected chi connectivity index (χ2v) is 3.58. The zero-order valence-electron chi connectivity index (χ0n) is 10.2. The van der Waals surface area contributed by atoms with Crippen molar-refractivity contribution in [2.45, 2.75) is 25.8 Å². The molecule has 0 spiro atoms. The van der Waals surface area contributed by atoms with Crippen molar-refractivity contribution in [2.75, 3.05) is 14.2 Å². The summed E-state index contributed by atoms with van der Waals surface area (Å²) in [6.07, 6.45) is 1.93. The van der Waals surface area contributed by atoms with Gasteiger partial charge in [0.2, 0.25) is 0 Å². The van der Waals surface area contributed by atoms with E-state index in [2.05, 4.69) is 29.3 Å². The van der Waals surface area contributed by atoms with Crippen LogP contribution in [0.1, 0.15) is 31.4 Å². The highest BCUT2D eigenvalue weighted by Crippen LogP contribution is 2.22. The summed E-state index contributed by atoms with van der Waals surface area (Å²) in [7, 11) is 3.67. The molecule has 1 N–H and O–H groups in total. The molecule has 0 radical (unpaired) electrons. The predicted molar refractivity (Wildman–Crippen MR) is 67.5 cm³/mol. The molecule has 1 aromatic carbocycles. The Bertz CT molecular complexity index is 376. The van der Waals surface area contributed by atoms with Gasteiger partial charge in [-0.1, -0.05) is 12.1 Å². The van der Waals surface area contributed by atoms with E-state index in [9.17, 15) is 0 Å². The molecule has 0 bridgehead atoms. The number of hydrogen-bond donors (Lipinski definition) is 1. The van der Waals surface area contributed by atoms with Crippen molar-refractivity contribution in [2.24, 2.45) is 0 Å². The van der Waals surface area contributed by atoms with Gasteiger partial charge in [-0.2, -0.15) is 0 Å². The predicted octanol–water partition coefficient (Wildman–Crippen LogP) is 2.76. The smallest absolute Gasteiger partial charge is 0.119 e. The third kappa shape index (κ3) is 3.60. The molecule has 0 saturated heterocycles. The fourth-order valence-electron chi connectivity index (χ4n) is 1.68. The molecule has 1 atom stereocenters. The molecule has 0 amide bonds. The second kappa shape index (κ2) is 6.92. The summed E-state index contributed by atoms with van der Waals surface area (Å²) in [4.78, 5) is 0. The summed E-state index contributed by atoms with van der Waals surface area (Å²) in [6.45, 7) is 1.87. The van der Waals surface area contributed by atoms with Gasteiger partial charge in [0.05, 0.1) is 7.11 Å². The van der Waals surface area contributed by atoms with E-state index >= 15 is 0 Å². The Morgan fingerprint density at radius 2 is 2.25 bits per heavy atom. The molecular weight excluding hydrogens is 198 g/mol. The zero-order chi connectivity index (χ0) is 11.8. The largest absolute Gasteiger partial charge is 0.497 e. The lowest BCUT2D eigenvalue weighted by atomic mass is 10.0. The van der Waals surface area contributed by atoms with Crippen molar-refractivity contribution in [3.05, 3.63) is 29.8 Å². The first-order valence-electron chi connectivity index (χ1n) is 5.52. The molecule has 16 heavy (non-hydrogen) atoms. The maximum Gasteiger partial charge on any atom is 0.119 e. The fraction of sp³-hybridized carbons (Fsp3) is 0.429. The monoisotopic (exact) mass is 217 g/mol. The maximum absolute atomic E-state index is 5.22. The first-order valence-corrected chi connectivity index (χ1v) is 5.52. The van der Waals surface area contributed by atoms with Gasteiger partial charge in [-0.15, -0.1) is 11.8 Å². The summed E-state index contributed by atoms with van der Waals surface area (Å²) in [6, 6.07) is 8.51. The topological polar surface area (TPSA) is 21.3 Å². The van der Waals surface area contributed by atoms with Gasteiger partial charge in [-0.05, 0) is 38.1 Å². The number of hydrogen-bond acceptors (Lipinski definition) is 2. The van der Waals surface area contributed by atoms with Gasteiger partial charge in [0.15, 0.2) is 0 Å². The van der Waals surface area contributed by atoms with E-state index < -0.39 is 0 Å². The lowest BCUT2D eigenvalue weighted by Gasteiger charge is -2.16. The van der Waals surface area contributed by atoms with Crippen molar-refractivity contribution in [3.8, 4) is 17.6 Å². The molecule has 1 aromatic rings. The minimum absolute atomic E-state index is 0.343. The molecule has 0 aliphatic heterocycles. The van der Waals surface area contributed by atoms with E-state index in [-0.39, 0.29) is 0 Å². The molecule has 0 aromatic heterocycles. The van der Waals surface area contributed by atoms with Crippen LogP contribution in [0.4, 0.5) is 0 Å². The Morgan fingerprint density at radius 1 is 1.44 bits per heavy atom. The molecule has 2 heteroatoms. The molecule has 0 saturated carbocycles. The van der Waals surface area contributed by atoms with Gasteiger partial charge in [0.1, 0.15) is 5.75 Å². The van der Waals surface area contributed by atoms with Crippen molar-refractivity contribution in [1.82, 2.24) is 5.32 Å². The van der Waals surface area contributed by atoms with E-state index in [4.69, 9.17) is 4.74 Å². The van der Waals surface area contributed by atoms with Crippen LogP contribution >= 0.6 is 0 Å². The normalized spacial score (nSPS) is 11.4. The molecule has 1 unspecified atom stereocenters. The first kappa shape index (κ1) is 12.6. The van der Waals surface area contributed by atoms with E-state index in [1.54, 1.807) is 7.11 Å². The van der Waals surface area contributed by atoms with Crippen LogP contribution in [0.5, 0.6) is 5.75 Å². The van der Waals surface area contributed by atoms with Crippen LogP contribution < -0.4 is 10.1 Å². The van der Waals surface area contributed by atoms with Gasteiger partial charge in [-0.25, -0.2) is 0 Å². The molecular formula is C14H19NO. The first-order chi connectivity index (χ1) is 7.81. The second-order valence-electron chi connectivity index (χ2n) is 3.58. The molecule has 86 valence electrons. The lowest BCUT2D eigenvalue weighted by molar-refractivity contribution is 0.413. The molecule has 0 aliphatic carbocycles. The maximum atomic E-state index is 5.22. The summed E-state index contributed by atoms with van der Waals surface area (Å²) in [5.41, 5.74) is 1.25. The zero-order valence-corrected chi connectivity index (χ0v) is 10.2. The summed E-state index contributed by atoms with van der Waals surface area (Å²) in [5, 5.41) is 3.31. The van der Waals surface area contributed by atoms with Crippen molar-refractivity contribution >= 4 is 0 Å². The van der Waals surface area contributed by atoms with E-state index in [1.807, 2.05) is 26.1 Å². The molecule has 0 fully saturated rings. The Kier molecular flexibility index (Phi) is 5.45. The Balaban J connectivity index is 2.72. The molecule has 1 rings (SSSR count). The third-order valence-corrected chi connectivity index (χ3v) is 2.58. The van der Waals surface area contributed by atoms with Crippen LogP contribution in [-0.4, -0.2) is 14.2 Å². The van der Waals surface area contributed by atoms with Crippen molar-refractivity contribution < 1.29 is 4.74 Å². The minimum atomic E-state index is 0.343.